The van der Waals surface area contributed by atoms with E-state index in [1.165, 1.54) is 0 Å². The third-order valence-corrected chi connectivity index (χ3v) is 5.22. The molecule has 0 aromatic rings. The summed E-state index contributed by atoms with van der Waals surface area (Å²) in [4.78, 5) is 14.6. The molecule has 5 heteroatoms. The molecule has 1 aliphatic carbocycles. The van der Waals surface area contributed by atoms with E-state index in [2.05, 4.69) is 24.1 Å². The Bertz CT molecular complexity index is 350. The van der Waals surface area contributed by atoms with E-state index in [-0.39, 0.29) is 5.91 Å². The predicted molar refractivity (Wildman–Crippen MR) is 84.0 cm³/mol. The van der Waals surface area contributed by atoms with E-state index in [4.69, 9.17) is 10.5 Å². The van der Waals surface area contributed by atoms with E-state index in [1.807, 2.05) is 0 Å². The molecule has 122 valence electrons. The Hall–Kier alpha value is -0.650. The summed E-state index contributed by atoms with van der Waals surface area (Å²) in [5.74, 6) is 0.213. The first kappa shape index (κ1) is 16.7. The van der Waals surface area contributed by atoms with Gasteiger partial charge in [0.1, 0.15) is 5.54 Å². The lowest BCUT2D eigenvalue weighted by Gasteiger charge is -2.37. The zero-order valence-corrected chi connectivity index (χ0v) is 13.6. The van der Waals surface area contributed by atoms with Gasteiger partial charge in [0.2, 0.25) is 5.91 Å². The van der Waals surface area contributed by atoms with Gasteiger partial charge in [-0.1, -0.05) is 13.3 Å². The molecule has 21 heavy (non-hydrogen) atoms. The van der Waals surface area contributed by atoms with Gasteiger partial charge in [0, 0.05) is 12.6 Å². The minimum absolute atomic E-state index is 0.159. The van der Waals surface area contributed by atoms with Crippen LogP contribution in [0.5, 0.6) is 0 Å². The van der Waals surface area contributed by atoms with Crippen molar-refractivity contribution >= 4 is 5.91 Å². The summed E-state index contributed by atoms with van der Waals surface area (Å²) in [6.45, 7) is 8.89. The first-order valence-corrected chi connectivity index (χ1v) is 8.47. The van der Waals surface area contributed by atoms with Crippen LogP contribution in [-0.4, -0.2) is 55.2 Å². The molecule has 0 bridgehead atoms. The Kier molecular flexibility index (Phi) is 6.02. The lowest BCUT2D eigenvalue weighted by molar-refractivity contribution is -0.126. The van der Waals surface area contributed by atoms with Gasteiger partial charge < -0.3 is 15.8 Å². The quantitative estimate of drug-likeness (QED) is 0.739. The van der Waals surface area contributed by atoms with Crippen LogP contribution in [0.25, 0.3) is 0 Å². The summed E-state index contributed by atoms with van der Waals surface area (Å²) in [7, 11) is 0. The van der Waals surface area contributed by atoms with E-state index < -0.39 is 5.54 Å². The Morgan fingerprint density at radius 1 is 1.52 bits per heavy atom. The highest BCUT2D eigenvalue weighted by Crippen LogP contribution is 2.38. The lowest BCUT2D eigenvalue weighted by Crippen LogP contribution is -2.58. The topological polar surface area (TPSA) is 67.6 Å². The highest BCUT2D eigenvalue weighted by atomic mass is 16.5. The largest absolute Gasteiger partial charge is 0.379 e. The second-order valence-electron chi connectivity index (χ2n) is 6.60. The molecule has 1 saturated heterocycles. The molecule has 2 fully saturated rings. The van der Waals surface area contributed by atoms with E-state index >= 15 is 0 Å². The number of morpholine rings is 1. The average Bonchev–Trinajstić information content (AvgIpc) is 2.88. The molecule has 1 aliphatic heterocycles. The molecule has 3 N–H and O–H groups in total. The summed E-state index contributed by atoms with van der Waals surface area (Å²) in [5.41, 5.74) is 5.30. The van der Waals surface area contributed by atoms with Crippen LogP contribution in [-0.2, 0) is 9.53 Å². The minimum Gasteiger partial charge on any atom is -0.379 e. The number of rotatable bonds is 7. The summed E-state index contributed by atoms with van der Waals surface area (Å²) >= 11 is 0. The molecule has 1 amide bonds. The Morgan fingerprint density at radius 2 is 2.33 bits per heavy atom. The third kappa shape index (κ3) is 3.76. The molecule has 1 saturated carbocycles. The fourth-order valence-corrected chi connectivity index (χ4v) is 3.88. The van der Waals surface area contributed by atoms with Crippen molar-refractivity contribution < 1.29 is 9.53 Å². The van der Waals surface area contributed by atoms with Crippen LogP contribution >= 0.6 is 0 Å². The van der Waals surface area contributed by atoms with Crippen LogP contribution in [0.2, 0.25) is 0 Å². The van der Waals surface area contributed by atoms with Gasteiger partial charge in [0.15, 0.2) is 0 Å². The summed E-state index contributed by atoms with van der Waals surface area (Å²) < 4.78 is 5.49. The van der Waals surface area contributed by atoms with E-state index in [0.717, 1.165) is 65.0 Å². The van der Waals surface area contributed by atoms with Crippen molar-refractivity contribution in [2.75, 3.05) is 32.8 Å². The van der Waals surface area contributed by atoms with Gasteiger partial charge in [-0.2, -0.15) is 0 Å². The minimum atomic E-state index is -0.467. The van der Waals surface area contributed by atoms with Gasteiger partial charge in [0.05, 0.1) is 13.2 Å². The van der Waals surface area contributed by atoms with Gasteiger partial charge in [-0.25, -0.2) is 0 Å². The number of primary amides is 1. The highest BCUT2D eigenvalue weighted by molar-refractivity contribution is 5.85. The zero-order chi connectivity index (χ0) is 15.3. The van der Waals surface area contributed by atoms with Crippen molar-refractivity contribution in [1.82, 2.24) is 10.2 Å². The fourth-order valence-electron chi connectivity index (χ4n) is 3.88. The van der Waals surface area contributed by atoms with Crippen molar-refractivity contribution in [3.63, 3.8) is 0 Å². The number of nitrogens with two attached hydrogens (primary N) is 1. The number of amides is 1. The molecule has 3 unspecified atom stereocenters. The maximum atomic E-state index is 12.1. The standard InChI is InChI=1S/C16H31N3O2/c1-3-8-18-16(15(17)20)7-4-5-14(16)6-9-19-10-11-21-12-13(19)2/h13-14,18H,3-12H2,1-2H3,(H2,17,20). The van der Waals surface area contributed by atoms with Crippen molar-refractivity contribution in [3.8, 4) is 0 Å². The molecule has 3 atom stereocenters. The second-order valence-corrected chi connectivity index (χ2v) is 6.60. The number of nitrogens with zero attached hydrogens (tertiary/aromatic N) is 1. The molecule has 0 aromatic heterocycles. The molecule has 0 aromatic carbocycles. The molecule has 2 rings (SSSR count). The first-order chi connectivity index (χ1) is 10.1. The molecule has 2 aliphatic rings. The maximum absolute atomic E-state index is 12.1. The summed E-state index contributed by atoms with van der Waals surface area (Å²) in [6, 6.07) is 0.478. The Balaban J connectivity index is 1.94. The SMILES string of the molecule is CCCNC1(C(N)=O)CCCC1CCN1CCOCC1C. The van der Waals surface area contributed by atoms with Crippen molar-refractivity contribution in [2.45, 2.75) is 57.5 Å². The maximum Gasteiger partial charge on any atom is 0.238 e. The highest BCUT2D eigenvalue weighted by Gasteiger charge is 2.46. The van der Waals surface area contributed by atoms with E-state index in [1.54, 1.807) is 0 Å². The van der Waals surface area contributed by atoms with Crippen molar-refractivity contribution in [1.29, 1.82) is 0 Å². The van der Waals surface area contributed by atoms with Gasteiger partial charge in [-0.3, -0.25) is 9.69 Å². The third-order valence-electron chi connectivity index (χ3n) is 5.22. The summed E-state index contributed by atoms with van der Waals surface area (Å²) in [6.07, 6.45) is 5.18. The fraction of sp³-hybridized carbons (Fsp3) is 0.938. The van der Waals surface area contributed by atoms with Crippen LogP contribution in [0.4, 0.5) is 0 Å². The van der Waals surface area contributed by atoms with Crippen molar-refractivity contribution in [2.24, 2.45) is 11.7 Å². The number of carbonyl (C=O) groups is 1. The number of nitrogens with one attached hydrogen (secondary N) is 1. The first-order valence-electron chi connectivity index (χ1n) is 8.47. The molecular weight excluding hydrogens is 266 g/mol. The molecule has 5 nitrogen and oxygen atoms in total. The Morgan fingerprint density at radius 3 is 3.00 bits per heavy atom. The zero-order valence-electron chi connectivity index (χ0n) is 13.6. The van der Waals surface area contributed by atoms with E-state index in [0.29, 0.717) is 12.0 Å². The second kappa shape index (κ2) is 7.56. The van der Waals surface area contributed by atoms with Crippen LogP contribution in [0.1, 0.15) is 46.0 Å². The monoisotopic (exact) mass is 297 g/mol. The normalized spacial score (nSPS) is 34.2. The van der Waals surface area contributed by atoms with E-state index in [9.17, 15) is 4.79 Å². The number of hydrogen-bond acceptors (Lipinski definition) is 4. The lowest BCUT2D eigenvalue weighted by atomic mass is 9.83. The summed E-state index contributed by atoms with van der Waals surface area (Å²) in [5, 5.41) is 3.48. The van der Waals surface area contributed by atoms with Crippen LogP contribution < -0.4 is 11.1 Å². The molecule has 0 radical (unpaired) electrons. The van der Waals surface area contributed by atoms with Gasteiger partial charge in [-0.05, 0) is 51.6 Å². The van der Waals surface area contributed by atoms with Crippen LogP contribution in [0.15, 0.2) is 0 Å². The number of carbonyl (C=O) groups excluding carboxylic acids is 1. The number of hydrogen-bond donors (Lipinski definition) is 2. The van der Waals surface area contributed by atoms with Gasteiger partial charge in [0.25, 0.3) is 0 Å². The van der Waals surface area contributed by atoms with Gasteiger partial charge in [-0.15, -0.1) is 0 Å². The van der Waals surface area contributed by atoms with Gasteiger partial charge >= 0.3 is 0 Å². The Labute approximate surface area is 128 Å². The predicted octanol–water partition coefficient (Wildman–Crippen LogP) is 1.12. The molecule has 1 heterocycles. The number of ether oxygens (including phenoxy) is 1. The van der Waals surface area contributed by atoms with Crippen molar-refractivity contribution in [3.05, 3.63) is 0 Å². The molecule has 0 spiro atoms. The molecular formula is C16H31N3O2. The smallest absolute Gasteiger partial charge is 0.238 e. The average molecular weight is 297 g/mol. The van der Waals surface area contributed by atoms with Crippen LogP contribution in [0, 0.1) is 5.92 Å². The van der Waals surface area contributed by atoms with Crippen LogP contribution in [0.3, 0.4) is 0 Å².